The van der Waals surface area contributed by atoms with Crippen LogP contribution in [0.2, 0.25) is 0 Å². The Balaban J connectivity index is 0.000000302. The highest BCUT2D eigenvalue weighted by Crippen LogP contribution is 2.38. The van der Waals surface area contributed by atoms with E-state index in [1.165, 1.54) is 78.3 Å². The fraction of sp³-hybridized carbons (Fsp3) is 0.571. The SMILES string of the molecule is C=C(C)c1ccc(C)c(-c2c(CCC)ccc3c2CCC3=O)c1.CCCCCCC(C)CC(C)CC. The van der Waals surface area contributed by atoms with Gasteiger partial charge in [0.1, 0.15) is 0 Å². The van der Waals surface area contributed by atoms with Crippen LogP contribution in [0.25, 0.3) is 16.7 Å². The van der Waals surface area contributed by atoms with E-state index in [1.54, 1.807) is 0 Å². The first kappa shape index (κ1) is 30.1. The minimum atomic E-state index is 0.290. The van der Waals surface area contributed by atoms with Crippen LogP contribution in [0, 0.1) is 18.8 Å². The summed E-state index contributed by atoms with van der Waals surface area (Å²) in [6, 6.07) is 10.8. The summed E-state index contributed by atoms with van der Waals surface area (Å²) in [5.41, 5.74) is 9.63. The van der Waals surface area contributed by atoms with Gasteiger partial charge in [0.25, 0.3) is 0 Å². The van der Waals surface area contributed by atoms with Crippen molar-refractivity contribution in [3.63, 3.8) is 0 Å². The fourth-order valence-electron chi connectivity index (χ4n) is 5.45. The van der Waals surface area contributed by atoms with Gasteiger partial charge >= 0.3 is 0 Å². The third-order valence-corrected chi connectivity index (χ3v) is 7.87. The van der Waals surface area contributed by atoms with Gasteiger partial charge in [0, 0.05) is 12.0 Å². The van der Waals surface area contributed by atoms with Crippen LogP contribution in [-0.4, -0.2) is 5.78 Å². The second kappa shape index (κ2) is 15.2. The van der Waals surface area contributed by atoms with Crippen molar-refractivity contribution in [1.29, 1.82) is 0 Å². The zero-order valence-corrected chi connectivity index (χ0v) is 24.4. The predicted molar refractivity (Wildman–Crippen MR) is 160 cm³/mol. The Morgan fingerprint density at radius 3 is 2.31 bits per heavy atom. The average molecular weight is 489 g/mol. The number of ketones is 1. The van der Waals surface area contributed by atoms with E-state index in [-0.39, 0.29) is 5.78 Å². The zero-order chi connectivity index (χ0) is 26.7. The molecule has 1 heteroatoms. The molecular weight excluding hydrogens is 436 g/mol. The number of rotatable bonds is 12. The topological polar surface area (TPSA) is 17.1 Å². The number of benzene rings is 2. The van der Waals surface area contributed by atoms with Crippen LogP contribution in [0.1, 0.15) is 132 Å². The van der Waals surface area contributed by atoms with Gasteiger partial charge in [-0.15, -0.1) is 0 Å². The van der Waals surface area contributed by atoms with Crippen molar-refractivity contribution in [2.24, 2.45) is 11.8 Å². The van der Waals surface area contributed by atoms with E-state index in [0.717, 1.165) is 42.2 Å². The number of aryl methyl sites for hydroxylation is 2. The number of Topliss-reactive ketones (excluding diaryl/α,β-unsaturated/α-hetero) is 1. The molecule has 1 aliphatic carbocycles. The van der Waals surface area contributed by atoms with Gasteiger partial charge in [-0.3, -0.25) is 4.79 Å². The number of carbonyl (C=O) groups is 1. The Hall–Kier alpha value is -2.15. The van der Waals surface area contributed by atoms with E-state index in [4.69, 9.17) is 0 Å². The Labute approximate surface area is 222 Å². The molecule has 0 amide bonds. The van der Waals surface area contributed by atoms with Crippen molar-refractivity contribution >= 4 is 11.4 Å². The fourth-order valence-corrected chi connectivity index (χ4v) is 5.45. The molecule has 0 heterocycles. The van der Waals surface area contributed by atoms with Crippen molar-refractivity contribution < 1.29 is 4.79 Å². The molecule has 3 rings (SSSR count). The molecule has 0 fully saturated rings. The molecule has 198 valence electrons. The summed E-state index contributed by atoms with van der Waals surface area (Å²) < 4.78 is 0. The molecule has 2 atom stereocenters. The highest BCUT2D eigenvalue weighted by molar-refractivity contribution is 6.03. The summed E-state index contributed by atoms with van der Waals surface area (Å²) in [7, 11) is 0. The first-order chi connectivity index (χ1) is 17.2. The van der Waals surface area contributed by atoms with E-state index in [9.17, 15) is 4.79 Å². The van der Waals surface area contributed by atoms with E-state index < -0.39 is 0 Å². The van der Waals surface area contributed by atoms with Crippen molar-refractivity contribution in [1.82, 2.24) is 0 Å². The highest BCUT2D eigenvalue weighted by Gasteiger charge is 2.25. The minimum Gasteiger partial charge on any atom is -0.294 e. The molecule has 1 nitrogen and oxygen atoms in total. The van der Waals surface area contributed by atoms with Crippen molar-refractivity contribution in [3.05, 3.63) is 64.7 Å². The molecule has 0 aromatic heterocycles. The molecular formula is C35H52O. The summed E-state index contributed by atoms with van der Waals surface area (Å²) in [5.74, 6) is 2.17. The van der Waals surface area contributed by atoms with E-state index in [1.807, 2.05) is 13.0 Å². The predicted octanol–water partition coefficient (Wildman–Crippen LogP) is 10.8. The van der Waals surface area contributed by atoms with Gasteiger partial charge in [-0.25, -0.2) is 0 Å². The molecule has 1 aliphatic rings. The number of hydrogen-bond acceptors (Lipinski definition) is 1. The van der Waals surface area contributed by atoms with Crippen molar-refractivity contribution in [2.45, 2.75) is 119 Å². The highest BCUT2D eigenvalue weighted by atomic mass is 16.1. The Morgan fingerprint density at radius 2 is 1.67 bits per heavy atom. The Bertz CT molecular complexity index is 996. The van der Waals surface area contributed by atoms with E-state index in [0.29, 0.717) is 6.42 Å². The Kier molecular flexibility index (Phi) is 12.7. The maximum absolute atomic E-state index is 12.2. The van der Waals surface area contributed by atoms with E-state index in [2.05, 4.69) is 72.4 Å². The third kappa shape index (κ3) is 8.46. The number of fused-ring (bicyclic) bond motifs is 1. The minimum absolute atomic E-state index is 0.290. The summed E-state index contributed by atoms with van der Waals surface area (Å²) >= 11 is 0. The lowest BCUT2D eigenvalue weighted by atomic mass is 9.86. The molecule has 0 aliphatic heterocycles. The molecule has 0 N–H and O–H groups in total. The number of carbonyl (C=O) groups excluding carboxylic acids is 1. The van der Waals surface area contributed by atoms with Gasteiger partial charge in [-0.05, 0) is 84.4 Å². The molecule has 2 unspecified atom stereocenters. The number of allylic oxidation sites excluding steroid dienone is 1. The molecule has 0 saturated carbocycles. The van der Waals surface area contributed by atoms with Crippen LogP contribution < -0.4 is 0 Å². The second-order valence-corrected chi connectivity index (χ2v) is 11.3. The molecule has 36 heavy (non-hydrogen) atoms. The summed E-state index contributed by atoms with van der Waals surface area (Å²) in [5, 5.41) is 0. The summed E-state index contributed by atoms with van der Waals surface area (Å²) in [6.45, 7) is 19.9. The molecule has 2 aromatic carbocycles. The average Bonchev–Trinajstić information content (AvgIpc) is 3.23. The van der Waals surface area contributed by atoms with Gasteiger partial charge in [0.05, 0.1) is 0 Å². The molecule has 0 saturated heterocycles. The second-order valence-electron chi connectivity index (χ2n) is 11.3. The molecule has 2 aromatic rings. The number of unbranched alkanes of at least 4 members (excludes halogenated alkanes) is 3. The summed E-state index contributed by atoms with van der Waals surface area (Å²) in [6.07, 6.45) is 13.6. The van der Waals surface area contributed by atoms with Gasteiger partial charge in [0.2, 0.25) is 0 Å². The van der Waals surface area contributed by atoms with Crippen LogP contribution in [-0.2, 0) is 12.8 Å². The van der Waals surface area contributed by atoms with Crippen LogP contribution >= 0.6 is 0 Å². The normalized spacial score (nSPS) is 14.1. The molecule has 0 bridgehead atoms. The largest absolute Gasteiger partial charge is 0.294 e. The van der Waals surface area contributed by atoms with Crippen LogP contribution in [0.4, 0.5) is 0 Å². The molecule has 0 radical (unpaired) electrons. The van der Waals surface area contributed by atoms with Crippen molar-refractivity contribution in [2.75, 3.05) is 0 Å². The van der Waals surface area contributed by atoms with E-state index >= 15 is 0 Å². The first-order valence-electron chi connectivity index (χ1n) is 14.7. The van der Waals surface area contributed by atoms with Gasteiger partial charge in [-0.1, -0.05) is 116 Å². The van der Waals surface area contributed by atoms with Gasteiger partial charge in [-0.2, -0.15) is 0 Å². The van der Waals surface area contributed by atoms with Gasteiger partial charge < -0.3 is 0 Å². The summed E-state index contributed by atoms with van der Waals surface area (Å²) in [4.78, 5) is 12.2. The lowest BCUT2D eigenvalue weighted by Gasteiger charge is -2.17. The maximum Gasteiger partial charge on any atom is 0.163 e. The van der Waals surface area contributed by atoms with Crippen LogP contribution in [0.5, 0.6) is 0 Å². The number of hydrogen-bond donors (Lipinski definition) is 0. The Morgan fingerprint density at radius 1 is 0.917 bits per heavy atom. The zero-order valence-electron chi connectivity index (χ0n) is 24.4. The van der Waals surface area contributed by atoms with Crippen molar-refractivity contribution in [3.8, 4) is 11.1 Å². The monoisotopic (exact) mass is 488 g/mol. The lowest BCUT2D eigenvalue weighted by Crippen LogP contribution is -2.02. The first-order valence-corrected chi connectivity index (χ1v) is 14.7. The third-order valence-electron chi connectivity index (χ3n) is 7.87. The maximum atomic E-state index is 12.2. The van der Waals surface area contributed by atoms with Crippen LogP contribution in [0.15, 0.2) is 36.9 Å². The quantitative estimate of drug-likeness (QED) is 0.271. The standard InChI is InChI=1S/C22H24O.C13H28/c1-5-6-16-9-10-18-19(11-12-21(18)23)22(16)20-13-17(14(2)3)8-7-15(20)4;1-5-7-8-9-10-13(4)11-12(3)6-2/h7-10,13H,2,5-6,11-12H2,1,3-4H3;12-13H,5-11H2,1-4H3. The smallest absolute Gasteiger partial charge is 0.163 e. The molecule has 0 spiro atoms. The van der Waals surface area contributed by atoms with Gasteiger partial charge in [0.15, 0.2) is 5.78 Å². The lowest BCUT2D eigenvalue weighted by molar-refractivity contribution is 0.0994. The van der Waals surface area contributed by atoms with Crippen LogP contribution in [0.3, 0.4) is 0 Å².